The Bertz CT molecular complexity index is 1180. The Labute approximate surface area is 187 Å². The Balaban J connectivity index is 1.61. The van der Waals surface area contributed by atoms with Gasteiger partial charge >= 0.3 is 5.97 Å². The highest BCUT2D eigenvalue weighted by molar-refractivity contribution is 7.87. The molecule has 2 N–H and O–H groups in total. The quantitative estimate of drug-likeness (QED) is 0.349. The normalized spacial score (nSPS) is 16.3. The number of hydroxylamine groups is 1. The third-order valence-electron chi connectivity index (χ3n) is 5.83. The second-order valence-electron chi connectivity index (χ2n) is 7.61. The molecule has 0 aromatic heterocycles. The molecule has 1 heterocycles. The summed E-state index contributed by atoms with van der Waals surface area (Å²) in [5, 5.41) is 11.1. The van der Waals surface area contributed by atoms with Crippen LogP contribution < -0.4 is 5.48 Å². The maximum atomic E-state index is 13.3. The molecule has 166 valence electrons. The van der Waals surface area contributed by atoms with Gasteiger partial charge in [0.05, 0.1) is 23.5 Å². The number of hydrogen-bond acceptors (Lipinski definition) is 6. The van der Waals surface area contributed by atoms with Crippen molar-refractivity contribution in [2.75, 3.05) is 20.3 Å². The fourth-order valence-electron chi connectivity index (χ4n) is 3.97. The average molecular weight is 454 g/mol. The van der Waals surface area contributed by atoms with E-state index >= 15 is 0 Å². The van der Waals surface area contributed by atoms with Gasteiger partial charge in [-0.05, 0) is 65.1 Å². The van der Waals surface area contributed by atoms with Crippen LogP contribution in [0.5, 0.6) is 0 Å². The van der Waals surface area contributed by atoms with Crippen molar-refractivity contribution in [3.05, 3.63) is 66.2 Å². The largest absolute Gasteiger partial charge is 0.465 e. The lowest BCUT2D eigenvalue weighted by atomic mass is 9.98. The van der Waals surface area contributed by atoms with Crippen molar-refractivity contribution in [2.45, 2.75) is 22.5 Å². The number of nitrogens with one attached hydrogen (secondary N) is 1. The maximum absolute atomic E-state index is 13.3. The molecule has 4 rings (SSSR count). The number of hydrogen-bond donors (Lipinski definition) is 2. The molecule has 1 aliphatic heterocycles. The van der Waals surface area contributed by atoms with Gasteiger partial charge in [0.1, 0.15) is 4.75 Å². The first-order chi connectivity index (χ1) is 15.5. The minimum absolute atomic E-state index is 0.270. The molecule has 0 aliphatic carbocycles. The van der Waals surface area contributed by atoms with Crippen LogP contribution in [0.15, 0.2) is 65.6 Å². The van der Waals surface area contributed by atoms with Gasteiger partial charge in [0.15, 0.2) is 0 Å². The van der Waals surface area contributed by atoms with E-state index in [2.05, 4.69) is 0 Å². The summed E-state index contributed by atoms with van der Waals surface area (Å²) in [4.78, 5) is 24.6. The van der Waals surface area contributed by atoms with Crippen LogP contribution in [0.2, 0.25) is 0 Å². The molecule has 1 aliphatic rings. The third kappa shape index (κ3) is 4.04. The van der Waals surface area contributed by atoms with Gasteiger partial charge in [0.2, 0.25) is 0 Å². The van der Waals surface area contributed by atoms with E-state index in [0.29, 0.717) is 23.7 Å². The van der Waals surface area contributed by atoms with Crippen molar-refractivity contribution in [1.29, 1.82) is 0 Å². The van der Waals surface area contributed by atoms with E-state index in [1.807, 2.05) is 36.4 Å². The number of methoxy groups -OCH3 is 1. The number of rotatable bonds is 5. The van der Waals surface area contributed by atoms with Crippen LogP contribution in [-0.2, 0) is 25.1 Å². The fourth-order valence-corrected chi connectivity index (χ4v) is 5.55. The zero-order valence-corrected chi connectivity index (χ0v) is 18.3. The first-order valence-electron chi connectivity index (χ1n) is 10.2. The maximum Gasteiger partial charge on any atom is 0.337 e. The van der Waals surface area contributed by atoms with Gasteiger partial charge in [-0.2, -0.15) is 0 Å². The zero-order chi connectivity index (χ0) is 22.7. The molecule has 0 spiro atoms. The smallest absolute Gasteiger partial charge is 0.337 e. The molecule has 1 fully saturated rings. The predicted octanol–water partition coefficient (Wildman–Crippen LogP) is 3.46. The standard InChI is InChI=1S/C24H23NO6S/c1-30-22(26)20-5-4-18-14-17(2-3-19(18)15-20)16-6-8-21(9-7-16)32(29)24(23(27)25-28)10-12-31-13-11-24/h2-9,14-15,28H,10-13H2,1H3,(H,25,27). The molecule has 3 aromatic carbocycles. The summed E-state index contributed by atoms with van der Waals surface area (Å²) in [6, 6.07) is 18.5. The van der Waals surface area contributed by atoms with Crippen LogP contribution in [0.1, 0.15) is 23.2 Å². The Morgan fingerprint density at radius 3 is 2.25 bits per heavy atom. The van der Waals surface area contributed by atoms with Crippen molar-refractivity contribution in [3.8, 4) is 11.1 Å². The van der Waals surface area contributed by atoms with Crippen molar-refractivity contribution >= 4 is 33.4 Å². The number of carbonyl (C=O) groups excluding carboxylic acids is 2. The van der Waals surface area contributed by atoms with E-state index < -0.39 is 21.5 Å². The Hall–Kier alpha value is -3.07. The van der Waals surface area contributed by atoms with E-state index in [-0.39, 0.29) is 18.8 Å². The van der Waals surface area contributed by atoms with Gasteiger partial charge in [-0.15, -0.1) is 0 Å². The average Bonchev–Trinajstić information content (AvgIpc) is 2.87. The number of esters is 1. The molecule has 0 bridgehead atoms. The fraction of sp³-hybridized carbons (Fsp3) is 0.250. The van der Waals surface area contributed by atoms with Gasteiger partial charge in [0, 0.05) is 18.1 Å². The highest BCUT2D eigenvalue weighted by atomic mass is 32.2. The van der Waals surface area contributed by atoms with Crippen LogP contribution in [-0.4, -0.2) is 46.4 Å². The molecule has 1 amide bonds. The summed E-state index contributed by atoms with van der Waals surface area (Å²) in [5.74, 6) is -1.03. The molecule has 0 radical (unpaired) electrons. The molecule has 1 unspecified atom stereocenters. The van der Waals surface area contributed by atoms with Gasteiger partial charge < -0.3 is 9.47 Å². The van der Waals surface area contributed by atoms with E-state index in [9.17, 15) is 19.0 Å². The lowest BCUT2D eigenvalue weighted by Gasteiger charge is -2.33. The van der Waals surface area contributed by atoms with Crippen LogP contribution in [0.3, 0.4) is 0 Å². The van der Waals surface area contributed by atoms with Crippen LogP contribution in [0, 0.1) is 0 Å². The SMILES string of the molecule is COC(=O)c1ccc2cc(-c3ccc(S(=O)C4(C(=O)NO)CCOCC4)cc3)ccc2c1. The van der Waals surface area contributed by atoms with Gasteiger partial charge in [0.25, 0.3) is 5.91 Å². The summed E-state index contributed by atoms with van der Waals surface area (Å²) in [6.45, 7) is 0.623. The van der Waals surface area contributed by atoms with Crippen molar-refractivity contribution in [1.82, 2.24) is 5.48 Å². The second-order valence-corrected chi connectivity index (χ2v) is 9.40. The highest BCUT2D eigenvalue weighted by Gasteiger charge is 2.46. The monoisotopic (exact) mass is 453 g/mol. The minimum atomic E-state index is -1.65. The van der Waals surface area contributed by atoms with E-state index in [4.69, 9.17) is 9.47 Å². The minimum Gasteiger partial charge on any atom is -0.465 e. The zero-order valence-electron chi connectivity index (χ0n) is 17.5. The van der Waals surface area contributed by atoms with Crippen molar-refractivity contribution < 1.29 is 28.5 Å². The Kier molecular flexibility index (Phi) is 6.36. The molecular weight excluding hydrogens is 430 g/mol. The summed E-state index contributed by atoms with van der Waals surface area (Å²) in [5.41, 5.74) is 4.07. The summed E-state index contributed by atoms with van der Waals surface area (Å²) in [6.07, 6.45) is 0.540. The summed E-state index contributed by atoms with van der Waals surface area (Å²) >= 11 is 0. The van der Waals surface area contributed by atoms with E-state index in [1.54, 1.807) is 29.7 Å². The topological polar surface area (TPSA) is 102 Å². The molecule has 32 heavy (non-hydrogen) atoms. The summed E-state index contributed by atoms with van der Waals surface area (Å²) in [7, 11) is -0.296. The highest BCUT2D eigenvalue weighted by Crippen LogP contribution is 2.33. The lowest BCUT2D eigenvalue weighted by molar-refractivity contribution is -0.134. The van der Waals surface area contributed by atoms with Gasteiger partial charge in [-0.1, -0.05) is 30.3 Å². The number of amides is 1. The molecule has 7 nitrogen and oxygen atoms in total. The Morgan fingerprint density at radius 2 is 1.59 bits per heavy atom. The Morgan fingerprint density at radius 1 is 0.969 bits per heavy atom. The number of benzene rings is 3. The van der Waals surface area contributed by atoms with Crippen molar-refractivity contribution in [3.63, 3.8) is 0 Å². The number of fused-ring (bicyclic) bond motifs is 1. The molecule has 8 heteroatoms. The van der Waals surface area contributed by atoms with Gasteiger partial charge in [-0.3, -0.25) is 14.2 Å². The number of ether oxygens (including phenoxy) is 2. The first kappa shape index (κ1) is 22.1. The van der Waals surface area contributed by atoms with Gasteiger partial charge in [-0.25, -0.2) is 10.3 Å². The summed E-state index contributed by atoms with van der Waals surface area (Å²) < 4.78 is 22.2. The van der Waals surface area contributed by atoms with E-state index in [1.165, 1.54) is 7.11 Å². The lowest BCUT2D eigenvalue weighted by Crippen LogP contribution is -2.52. The predicted molar refractivity (Wildman–Crippen MR) is 120 cm³/mol. The molecular formula is C24H23NO6S. The second kappa shape index (κ2) is 9.20. The first-order valence-corrected chi connectivity index (χ1v) is 11.3. The molecule has 1 saturated heterocycles. The molecule has 1 atom stereocenters. The molecule has 0 saturated carbocycles. The van der Waals surface area contributed by atoms with Crippen LogP contribution in [0.4, 0.5) is 0 Å². The molecule has 3 aromatic rings. The van der Waals surface area contributed by atoms with Crippen LogP contribution in [0.25, 0.3) is 21.9 Å². The van der Waals surface area contributed by atoms with Crippen molar-refractivity contribution in [2.24, 2.45) is 0 Å². The van der Waals surface area contributed by atoms with E-state index in [0.717, 1.165) is 21.9 Å². The number of carbonyl (C=O) groups is 2. The third-order valence-corrected chi connectivity index (χ3v) is 7.84. The van der Waals surface area contributed by atoms with Crippen LogP contribution >= 0.6 is 0 Å².